The lowest BCUT2D eigenvalue weighted by molar-refractivity contribution is 0.0101. The van der Waals surface area contributed by atoms with Gasteiger partial charge in [-0.3, -0.25) is 0 Å². The first-order valence-corrected chi connectivity index (χ1v) is 7.64. The van der Waals surface area contributed by atoms with Gasteiger partial charge in [0.25, 0.3) is 0 Å². The summed E-state index contributed by atoms with van der Waals surface area (Å²) >= 11 is 6.35. The Bertz CT molecular complexity index is 708. The van der Waals surface area contributed by atoms with Gasteiger partial charge in [-0.1, -0.05) is 6.07 Å². The summed E-state index contributed by atoms with van der Waals surface area (Å²) in [5, 5.41) is 9.07. The Morgan fingerprint density at radius 3 is 2.95 bits per heavy atom. The Hall–Kier alpha value is -1.57. The lowest BCUT2D eigenvalue weighted by atomic mass is 9.93. The number of rotatable bonds is 2. The van der Waals surface area contributed by atoms with Crippen LogP contribution in [0.25, 0.3) is 11.0 Å². The quantitative estimate of drug-likeness (QED) is 0.794. The van der Waals surface area contributed by atoms with Gasteiger partial charge in [-0.05, 0) is 38.8 Å². The van der Waals surface area contributed by atoms with Crippen LogP contribution in [0.4, 0.5) is 0 Å². The van der Waals surface area contributed by atoms with Crippen LogP contribution >= 0.6 is 11.6 Å². The van der Waals surface area contributed by atoms with Gasteiger partial charge in [0, 0.05) is 6.61 Å². The van der Waals surface area contributed by atoms with Gasteiger partial charge < -0.3 is 9.30 Å². The average Bonchev–Trinajstić information content (AvgIpc) is 2.88. The summed E-state index contributed by atoms with van der Waals surface area (Å²) in [7, 11) is 0. The van der Waals surface area contributed by atoms with Gasteiger partial charge in [0.05, 0.1) is 28.6 Å². The molecule has 2 unspecified atom stereocenters. The van der Waals surface area contributed by atoms with Crippen LogP contribution in [-0.4, -0.2) is 22.8 Å². The fourth-order valence-corrected chi connectivity index (χ4v) is 3.28. The molecule has 0 N–H and O–H groups in total. The number of nitrogens with zero attached hydrogens (tertiary/aromatic N) is 3. The van der Waals surface area contributed by atoms with Crippen molar-refractivity contribution >= 4 is 22.6 Å². The molecule has 1 saturated heterocycles. The molecule has 2 heterocycles. The van der Waals surface area contributed by atoms with E-state index < -0.39 is 0 Å². The van der Waals surface area contributed by atoms with E-state index in [1.165, 1.54) is 0 Å². The van der Waals surface area contributed by atoms with E-state index in [4.69, 9.17) is 16.3 Å². The van der Waals surface area contributed by atoms with Crippen molar-refractivity contribution in [1.29, 1.82) is 5.26 Å². The molecule has 1 aromatic carbocycles. The van der Waals surface area contributed by atoms with Gasteiger partial charge >= 0.3 is 0 Å². The van der Waals surface area contributed by atoms with Crippen LogP contribution in [0.2, 0.25) is 0 Å². The molecule has 0 radical (unpaired) electrons. The Labute approximate surface area is 129 Å². The van der Waals surface area contributed by atoms with Crippen molar-refractivity contribution < 1.29 is 4.74 Å². The van der Waals surface area contributed by atoms with Crippen molar-refractivity contribution in [3.05, 3.63) is 29.6 Å². The fraction of sp³-hybridized carbons (Fsp3) is 0.500. The lowest BCUT2D eigenvalue weighted by Gasteiger charge is -2.37. The topological polar surface area (TPSA) is 50.8 Å². The third kappa shape index (κ3) is 2.31. The molecule has 0 amide bonds. The van der Waals surface area contributed by atoms with Gasteiger partial charge in [0.1, 0.15) is 17.4 Å². The third-order valence-corrected chi connectivity index (χ3v) is 4.34. The van der Waals surface area contributed by atoms with E-state index in [2.05, 4.69) is 22.5 Å². The minimum absolute atomic E-state index is 0.167. The maximum absolute atomic E-state index is 9.29. The van der Waals surface area contributed by atoms with Crippen LogP contribution < -0.4 is 0 Å². The molecule has 21 heavy (non-hydrogen) atoms. The Morgan fingerprint density at radius 2 is 2.33 bits per heavy atom. The van der Waals surface area contributed by atoms with Crippen molar-refractivity contribution in [3.8, 4) is 6.07 Å². The number of ether oxygens (including phenoxy) is 1. The van der Waals surface area contributed by atoms with E-state index in [-0.39, 0.29) is 10.9 Å². The Balaban J connectivity index is 2.29. The summed E-state index contributed by atoms with van der Waals surface area (Å²) in [5.41, 5.74) is 2.11. The molecule has 1 aliphatic heterocycles. The summed E-state index contributed by atoms with van der Waals surface area (Å²) in [6, 6.07) is 7.91. The molecule has 1 aromatic heterocycles. The molecule has 1 aliphatic rings. The second kappa shape index (κ2) is 5.32. The SMILES string of the molecule is CC(Cl)c1nc2c(C#N)cccc2n1C1(C)CCCOC1. The van der Waals surface area contributed by atoms with Crippen molar-refractivity contribution in [2.24, 2.45) is 0 Å². The smallest absolute Gasteiger partial charge is 0.128 e. The maximum atomic E-state index is 9.29. The maximum Gasteiger partial charge on any atom is 0.128 e. The molecule has 3 rings (SSSR count). The predicted octanol–water partition coefficient (Wildman–Crippen LogP) is 3.73. The molecular formula is C16H18ClN3O. The highest BCUT2D eigenvalue weighted by molar-refractivity contribution is 6.20. The molecular weight excluding hydrogens is 286 g/mol. The van der Waals surface area contributed by atoms with Crippen LogP contribution in [0.15, 0.2) is 18.2 Å². The molecule has 0 spiro atoms. The zero-order chi connectivity index (χ0) is 15.0. The second-order valence-corrected chi connectivity index (χ2v) is 6.51. The number of nitriles is 1. The van der Waals surface area contributed by atoms with E-state index in [1.54, 1.807) is 6.07 Å². The molecule has 0 aliphatic carbocycles. The first-order valence-electron chi connectivity index (χ1n) is 7.20. The summed E-state index contributed by atoms with van der Waals surface area (Å²) in [4.78, 5) is 4.66. The number of aromatic nitrogens is 2. The summed E-state index contributed by atoms with van der Waals surface area (Å²) in [6.45, 7) is 5.54. The van der Waals surface area contributed by atoms with Crippen LogP contribution in [0, 0.1) is 11.3 Å². The first kappa shape index (κ1) is 14.4. The van der Waals surface area contributed by atoms with E-state index >= 15 is 0 Å². The average molecular weight is 304 g/mol. The van der Waals surface area contributed by atoms with Gasteiger partial charge in [-0.15, -0.1) is 11.6 Å². The zero-order valence-corrected chi connectivity index (χ0v) is 13.0. The molecule has 2 atom stereocenters. The van der Waals surface area contributed by atoms with Crippen molar-refractivity contribution in [3.63, 3.8) is 0 Å². The monoisotopic (exact) mass is 303 g/mol. The highest BCUT2D eigenvalue weighted by Gasteiger charge is 2.34. The minimum Gasteiger partial charge on any atom is -0.379 e. The molecule has 110 valence electrons. The van der Waals surface area contributed by atoms with Crippen LogP contribution in [0.3, 0.4) is 0 Å². The Morgan fingerprint density at radius 1 is 1.52 bits per heavy atom. The summed E-state index contributed by atoms with van der Waals surface area (Å²) in [6.07, 6.45) is 2.04. The van der Waals surface area contributed by atoms with E-state index in [0.29, 0.717) is 12.2 Å². The zero-order valence-electron chi connectivity index (χ0n) is 12.3. The highest BCUT2D eigenvalue weighted by Crippen LogP contribution is 2.36. The second-order valence-electron chi connectivity index (χ2n) is 5.86. The number of imidazole rings is 1. The standard InChI is InChI=1S/C16H18ClN3O/c1-11(17)15-19-14-12(9-18)5-3-6-13(14)20(15)16(2)7-4-8-21-10-16/h3,5-6,11H,4,7-8,10H2,1-2H3. The molecule has 0 bridgehead atoms. The number of alkyl halides is 1. The van der Waals surface area contributed by atoms with E-state index in [0.717, 1.165) is 36.3 Å². The third-order valence-electron chi connectivity index (χ3n) is 4.14. The number of para-hydroxylation sites is 1. The molecule has 4 nitrogen and oxygen atoms in total. The van der Waals surface area contributed by atoms with Crippen molar-refractivity contribution in [2.45, 2.75) is 37.6 Å². The number of fused-ring (bicyclic) bond motifs is 1. The molecule has 5 heteroatoms. The predicted molar refractivity (Wildman–Crippen MR) is 82.4 cm³/mol. The number of benzene rings is 1. The number of hydrogen-bond donors (Lipinski definition) is 0. The Kier molecular flexibility index (Phi) is 3.64. The molecule has 1 fully saturated rings. The van der Waals surface area contributed by atoms with Gasteiger partial charge in [-0.2, -0.15) is 5.26 Å². The van der Waals surface area contributed by atoms with Crippen LogP contribution in [0.5, 0.6) is 0 Å². The largest absolute Gasteiger partial charge is 0.379 e. The van der Waals surface area contributed by atoms with Crippen LogP contribution in [-0.2, 0) is 10.3 Å². The number of hydrogen-bond acceptors (Lipinski definition) is 3. The molecule has 2 aromatic rings. The van der Waals surface area contributed by atoms with Gasteiger partial charge in [-0.25, -0.2) is 4.98 Å². The highest BCUT2D eigenvalue weighted by atomic mass is 35.5. The first-order chi connectivity index (χ1) is 10.1. The summed E-state index contributed by atoms with van der Waals surface area (Å²) in [5.74, 6) is 0.808. The van der Waals surface area contributed by atoms with Gasteiger partial charge in [0.15, 0.2) is 0 Å². The normalized spacial score (nSPS) is 23.9. The lowest BCUT2D eigenvalue weighted by Crippen LogP contribution is -2.40. The summed E-state index contributed by atoms with van der Waals surface area (Å²) < 4.78 is 7.87. The fourth-order valence-electron chi connectivity index (χ4n) is 3.14. The van der Waals surface area contributed by atoms with E-state index in [1.807, 2.05) is 19.1 Å². The molecule has 0 saturated carbocycles. The van der Waals surface area contributed by atoms with Gasteiger partial charge in [0.2, 0.25) is 0 Å². The van der Waals surface area contributed by atoms with Crippen molar-refractivity contribution in [2.75, 3.05) is 13.2 Å². The number of halogens is 1. The van der Waals surface area contributed by atoms with Crippen molar-refractivity contribution in [1.82, 2.24) is 9.55 Å². The minimum atomic E-state index is -0.220. The van der Waals surface area contributed by atoms with Crippen LogP contribution in [0.1, 0.15) is 43.5 Å². The van der Waals surface area contributed by atoms with E-state index in [9.17, 15) is 5.26 Å².